The van der Waals surface area contributed by atoms with Gasteiger partial charge >= 0.3 is 6.03 Å². The van der Waals surface area contributed by atoms with Crippen LogP contribution in [0.2, 0.25) is 0 Å². The minimum atomic E-state index is -0.708. The fourth-order valence-electron chi connectivity index (χ4n) is 3.50. The number of nitrogens with one attached hydrogen (secondary N) is 1. The first-order valence-electron chi connectivity index (χ1n) is 9.02. The molecule has 1 atom stereocenters. The van der Waals surface area contributed by atoms with E-state index < -0.39 is 23.7 Å². The van der Waals surface area contributed by atoms with E-state index in [-0.39, 0.29) is 18.1 Å². The minimum Gasteiger partial charge on any atom is -0.383 e. The second-order valence-corrected chi connectivity index (χ2v) is 6.72. The lowest BCUT2D eigenvalue weighted by Gasteiger charge is -2.40. The molecular weight excluding hydrogens is 358 g/mol. The number of piperazine rings is 1. The molecule has 2 fully saturated rings. The fourth-order valence-corrected chi connectivity index (χ4v) is 3.50. The van der Waals surface area contributed by atoms with Crippen LogP contribution in [0.15, 0.2) is 18.2 Å². The van der Waals surface area contributed by atoms with Crippen LogP contribution < -0.4 is 5.32 Å². The molecule has 2 saturated heterocycles. The molecule has 1 aromatic carbocycles. The summed E-state index contributed by atoms with van der Waals surface area (Å²) in [5.74, 6) is -1.37. The lowest BCUT2D eigenvalue weighted by molar-refractivity contribution is -0.142. The van der Waals surface area contributed by atoms with Crippen molar-refractivity contribution in [2.24, 2.45) is 0 Å². The molecule has 0 aromatic heterocycles. The van der Waals surface area contributed by atoms with Crippen LogP contribution in [0.25, 0.3) is 0 Å². The Morgan fingerprint density at radius 1 is 1.26 bits per heavy atom. The molecule has 148 valence electrons. The molecule has 27 heavy (non-hydrogen) atoms. The van der Waals surface area contributed by atoms with Crippen LogP contribution in [-0.2, 0) is 9.53 Å². The number of rotatable bonds is 4. The first kappa shape index (κ1) is 19.5. The van der Waals surface area contributed by atoms with Gasteiger partial charge in [-0.2, -0.15) is 0 Å². The Labute approximate surface area is 156 Å². The summed E-state index contributed by atoms with van der Waals surface area (Å²) >= 11 is 0. The van der Waals surface area contributed by atoms with Gasteiger partial charge in [-0.1, -0.05) is 0 Å². The fraction of sp³-hybridized carbons (Fsp3) is 0.556. The van der Waals surface area contributed by atoms with E-state index in [1.165, 1.54) is 4.90 Å². The number of ether oxygens (including phenoxy) is 1. The van der Waals surface area contributed by atoms with Crippen LogP contribution in [0.1, 0.15) is 6.42 Å². The molecular formula is C18H24F2N4O3. The number of carbonyl (C=O) groups excluding carboxylic acids is 2. The van der Waals surface area contributed by atoms with E-state index in [1.54, 1.807) is 12.0 Å². The zero-order chi connectivity index (χ0) is 19.4. The van der Waals surface area contributed by atoms with Crippen molar-refractivity contribution in [1.29, 1.82) is 0 Å². The van der Waals surface area contributed by atoms with Crippen molar-refractivity contribution < 1.29 is 23.1 Å². The molecule has 7 nitrogen and oxygen atoms in total. The number of halogens is 2. The highest BCUT2D eigenvalue weighted by Crippen LogP contribution is 2.20. The van der Waals surface area contributed by atoms with E-state index in [1.807, 2.05) is 0 Å². The van der Waals surface area contributed by atoms with Crippen molar-refractivity contribution in [3.63, 3.8) is 0 Å². The van der Waals surface area contributed by atoms with Crippen molar-refractivity contribution in [1.82, 2.24) is 14.7 Å². The highest BCUT2D eigenvalue weighted by atomic mass is 19.1. The zero-order valence-electron chi connectivity index (χ0n) is 15.3. The second-order valence-electron chi connectivity index (χ2n) is 6.72. The first-order chi connectivity index (χ1) is 13.0. The molecule has 9 heteroatoms. The molecule has 3 rings (SSSR count). The number of carbonyl (C=O) groups is 2. The molecule has 0 spiro atoms. The third kappa shape index (κ3) is 4.54. The highest BCUT2D eigenvalue weighted by molar-refractivity contribution is 5.90. The van der Waals surface area contributed by atoms with Gasteiger partial charge in [-0.05, 0) is 18.6 Å². The summed E-state index contributed by atoms with van der Waals surface area (Å²) < 4.78 is 32.2. The Morgan fingerprint density at radius 3 is 2.85 bits per heavy atom. The topological polar surface area (TPSA) is 65.1 Å². The standard InChI is InChI=1S/C18H24F2N4O3/c1-27-10-9-23-8-7-22-5-2-6-24(12-16(22)17(23)25)18(26)21-15-11-13(19)3-4-14(15)20/h3-4,11,16H,2,5-10,12H2,1H3,(H,21,26). The molecule has 2 aliphatic heterocycles. The predicted molar refractivity (Wildman–Crippen MR) is 95.4 cm³/mol. The van der Waals surface area contributed by atoms with E-state index >= 15 is 0 Å². The Bertz CT molecular complexity index is 703. The van der Waals surface area contributed by atoms with Gasteiger partial charge in [0.25, 0.3) is 0 Å². The summed E-state index contributed by atoms with van der Waals surface area (Å²) in [7, 11) is 1.59. The average molecular weight is 382 g/mol. The van der Waals surface area contributed by atoms with Crippen LogP contribution in [0, 0.1) is 11.6 Å². The molecule has 0 saturated carbocycles. The molecule has 2 aliphatic rings. The summed E-state index contributed by atoms with van der Waals surface area (Å²) in [6, 6.07) is 1.93. The monoisotopic (exact) mass is 382 g/mol. The van der Waals surface area contributed by atoms with Crippen molar-refractivity contribution in [2.45, 2.75) is 12.5 Å². The van der Waals surface area contributed by atoms with E-state index in [2.05, 4.69) is 10.2 Å². The predicted octanol–water partition coefficient (Wildman–Crippen LogP) is 1.36. The molecule has 0 radical (unpaired) electrons. The van der Waals surface area contributed by atoms with Gasteiger partial charge in [0.2, 0.25) is 5.91 Å². The van der Waals surface area contributed by atoms with Gasteiger partial charge in [0.05, 0.1) is 12.3 Å². The van der Waals surface area contributed by atoms with Crippen molar-refractivity contribution in [2.75, 3.05) is 58.3 Å². The lowest BCUT2D eigenvalue weighted by atomic mass is 10.1. The minimum absolute atomic E-state index is 0.0325. The number of amides is 3. The van der Waals surface area contributed by atoms with Crippen LogP contribution in [0.5, 0.6) is 0 Å². The number of fused-ring (bicyclic) bond motifs is 1. The maximum atomic E-state index is 13.8. The first-order valence-corrected chi connectivity index (χ1v) is 9.02. The van der Waals surface area contributed by atoms with Crippen molar-refractivity contribution >= 4 is 17.6 Å². The molecule has 1 unspecified atom stereocenters. The lowest BCUT2D eigenvalue weighted by Crippen LogP contribution is -2.60. The van der Waals surface area contributed by atoms with Gasteiger partial charge in [-0.25, -0.2) is 13.6 Å². The van der Waals surface area contributed by atoms with Crippen molar-refractivity contribution in [3.05, 3.63) is 29.8 Å². The van der Waals surface area contributed by atoms with Crippen LogP contribution in [-0.4, -0.2) is 85.7 Å². The zero-order valence-corrected chi connectivity index (χ0v) is 15.3. The number of hydrogen-bond donors (Lipinski definition) is 1. The summed E-state index contributed by atoms with van der Waals surface area (Å²) in [4.78, 5) is 30.7. The third-order valence-electron chi connectivity index (χ3n) is 4.98. The van der Waals surface area contributed by atoms with Crippen LogP contribution >= 0.6 is 0 Å². The number of anilines is 1. The number of urea groups is 1. The SMILES string of the molecule is COCCN1CCN2CCCN(C(=O)Nc3cc(F)ccc3F)CC2C1=O. The molecule has 1 aromatic rings. The van der Waals surface area contributed by atoms with Gasteiger partial charge in [-0.15, -0.1) is 0 Å². The van der Waals surface area contributed by atoms with E-state index in [9.17, 15) is 18.4 Å². The molecule has 0 bridgehead atoms. The summed E-state index contributed by atoms with van der Waals surface area (Å²) in [5.41, 5.74) is -0.210. The van der Waals surface area contributed by atoms with Crippen LogP contribution in [0.4, 0.5) is 19.3 Å². The van der Waals surface area contributed by atoms with Crippen LogP contribution in [0.3, 0.4) is 0 Å². The quantitative estimate of drug-likeness (QED) is 0.854. The summed E-state index contributed by atoms with van der Waals surface area (Å²) in [6.45, 7) is 3.73. The summed E-state index contributed by atoms with van der Waals surface area (Å²) in [6.07, 6.45) is 0.709. The van der Waals surface area contributed by atoms with Gasteiger partial charge in [0, 0.05) is 52.4 Å². The van der Waals surface area contributed by atoms with Gasteiger partial charge in [-0.3, -0.25) is 9.69 Å². The maximum absolute atomic E-state index is 13.8. The average Bonchev–Trinajstić information content (AvgIpc) is 2.87. The Hall–Kier alpha value is -2.26. The third-order valence-corrected chi connectivity index (χ3v) is 4.98. The Morgan fingerprint density at radius 2 is 2.07 bits per heavy atom. The largest absolute Gasteiger partial charge is 0.383 e. The van der Waals surface area contributed by atoms with E-state index in [0.29, 0.717) is 39.2 Å². The highest BCUT2D eigenvalue weighted by Gasteiger charge is 2.38. The number of hydrogen-bond acceptors (Lipinski definition) is 4. The van der Waals surface area contributed by atoms with Gasteiger partial charge in [0.1, 0.15) is 17.7 Å². The molecule has 1 N–H and O–H groups in total. The smallest absolute Gasteiger partial charge is 0.321 e. The second kappa shape index (κ2) is 8.62. The van der Waals surface area contributed by atoms with Gasteiger partial charge < -0.3 is 19.9 Å². The molecule has 3 amide bonds. The Balaban J connectivity index is 1.69. The van der Waals surface area contributed by atoms with E-state index in [0.717, 1.165) is 24.7 Å². The van der Waals surface area contributed by atoms with E-state index in [4.69, 9.17) is 4.74 Å². The number of methoxy groups -OCH3 is 1. The molecule has 2 heterocycles. The maximum Gasteiger partial charge on any atom is 0.321 e. The number of benzene rings is 1. The number of nitrogens with zero attached hydrogens (tertiary/aromatic N) is 3. The Kier molecular flexibility index (Phi) is 6.22. The van der Waals surface area contributed by atoms with Gasteiger partial charge in [0.15, 0.2) is 0 Å². The van der Waals surface area contributed by atoms with Crippen molar-refractivity contribution in [3.8, 4) is 0 Å². The summed E-state index contributed by atoms with van der Waals surface area (Å²) in [5, 5.41) is 2.41. The normalized spacial score (nSPS) is 21.0. The molecule has 0 aliphatic carbocycles.